The average molecular weight is 236 g/mol. The zero-order chi connectivity index (χ0) is 12.9. The van der Waals surface area contributed by atoms with E-state index in [-0.39, 0.29) is 12.3 Å². The second-order valence-corrected chi connectivity index (χ2v) is 4.81. The van der Waals surface area contributed by atoms with Crippen LogP contribution in [-0.4, -0.2) is 21.8 Å². The van der Waals surface area contributed by atoms with E-state index in [0.717, 1.165) is 5.56 Å². The van der Waals surface area contributed by atoms with Gasteiger partial charge in [0.15, 0.2) is 0 Å². The summed E-state index contributed by atoms with van der Waals surface area (Å²) in [6.07, 6.45) is 0.973. The van der Waals surface area contributed by atoms with E-state index in [1.54, 1.807) is 0 Å². The molecule has 0 bridgehead atoms. The normalized spacial score (nSPS) is 14.6. The van der Waals surface area contributed by atoms with Gasteiger partial charge in [-0.05, 0) is 24.3 Å². The molecule has 0 aliphatic heterocycles. The van der Waals surface area contributed by atoms with Crippen molar-refractivity contribution in [1.29, 1.82) is 0 Å². The number of hydrogen-bond acceptors (Lipinski definition) is 2. The highest BCUT2D eigenvalue weighted by Gasteiger charge is 2.33. The first-order chi connectivity index (χ1) is 7.94. The Hall–Kier alpha value is -1.35. The molecule has 17 heavy (non-hydrogen) atoms. The average Bonchev–Trinajstić information content (AvgIpc) is 2.27. The van der Waals surface area contributed by atoms with Crippen molar-refractivity contribution >= 4 is 5.97 Å². The van der Waals surface area contributed by atoms with Gasteiger partial charge in [-0.3, -0.25) is 4.79 Å². The van der Waals surface area contributed by atoms with E-state index in [4.69, 9.17) is 5.11 Å². The molecule has 0 saturated carbocycles. The molecule has 0 aromatic heterocycles. The Kier molecular flexibility index (Phi) is 4.70. The number of benzene rings is 1. The van der Waals surface area contributed by atoms with Gasteiger partial charge in [-0.25, -0.2) is 0 Å². The Bertz CT molecular complexity index is 359. The van der Waals surface area contributed by atoms with E-state index in [1.165, 1.54) is 0 Å². The van der Waals surface area contributed by atoms with E-state index in [1.807, 2.05) is 44.2 Å². The lowest BCUT2D eigenvalue weighted by Crippen LogP contribution is -2.38. The number of carboxylic acids is 1. The van der Waals surface area contributed by atoms with Crippen LogP contribution < -0.4 is 0 Å². The van der Waals surface area contributed by atoms with Crippen molar-refractivity contribution in [2.24, 2.45) is 5.92 Å². The van der Waals surface area contributed by atoms with Crippen molar-refractivity contribution in [2.75, 3.05) is 0 Å². The van der Waals surface area contributed by atoms with Crippen molar-refractivity contribution in [1.82, 2.24) is 0 Å². The van der Waals surface area contributed by atoms with E-state index in [9.17, 15) is 9.90 Å². The quantitative estimate of drug-likeness (QED) is 0.797. The van der Waals surface area contributed by atoms with Crippen LogP contribution in [0.3, 0.4) is 0 Å². The van der Waals surface area contributed by atoms with Crippen LogP contribution in [0.25, 0.3) is 0 Å². The third-order valence-corrected chi connectivity index (χ3v) is 3.22. The third kappa shape index (κ3) is 4.19. The fourth-order valence-electron chi connectivity index (χ4n) is 1.85. The summed E-state index contributed by atoms with van der Waals surface area (Å²) in [7, 11) is 0. The number of aliphatic hydroxyl groups is 1. The molecule has 0 fully saturated rings. The molecule has 2 N–H and O–H groups in total. The SMILES string of the molecule is CC(C)[C@@](O)(CCc1ccccc1)CC(=O)O. The van der Waals surface area contributed by atoms with Gasteiger partial charge in [0.1, 0.15) is 0 Å². The molecule has 0 unspecified atom stereocenters. The molecular formula is C14H20O3. The highest BCUT2D eigenvalue weighted by molar-refractivity contribution is 5.68. The Morgan fingerprint density at radius 3 is 2.35 bits per heavy atom. The Balaban J connectivity index is 2.65. The summed E-state index contributed by atoms with van der Waals surface area (Å²) in [5.41, 5.74) is -0.00115. The fraction of sp³-hybridized carbons (Fsp3) is 0.500. The summed E-state index contributed by atoms with van der Waals surface area (Å²) < 4.78 is 0. The maximum absolute atomic E-state index is 10.8. The molecule has 1 aromatic carbocycles. The van der Waals surface area contributed by atoms with Gasteiger partial charge in [-0.2, -0.15) is 0 Å². The number of aryl methyl sites for hydroxylation is 1. The summed E-state index contributed by atoms with van der Waals surface area (Å²) in [6, 6.07) is 9.81. The highest BCUT2D eigenvalue weighted by atomic mass is 16.4. The maximum atomic E-state index is 10.8. The van der Waals surface area contributed by atoms with Crippen LogP contribution in [0.2, 0.25) is 0 Å². The van der Waals surface area contributed by atoms with Crippen LogP contribution >= 0.6 is 0 Å². The van der Waals surface area contributed by atoms with Crippen LogP contribution in [0.4, 0.5) is 0 Å². The minimum Gasteiger partial charge on any atom is -0.481 e. The molecule has 0 amide bonds. The van der Waals surface area contributed by atoms with Crippen molar-refractivity contribution in [3.8, 4) is 0 Å². The summed E-state index contributed by atoms with van der Waals surface area (Å²) in [5.74, 6) is -1.02. The molecule has 1 rings (SSSR count). The number of rotatable bonds is 6. The molecule has 3 heteroatoms. The van der Waals surface area contributed by atoms with Crippen LogP contribution in [0.5, 0.6) is 0 Å². The smallest absolute Gasteiger partial charge is 0.306 e. The molecule has 0 aliphatic rings. The van der Waals surface area contributed by atoms with E-state index in [0.29, 0.717) is 12.8 Å². The summed E-state index contributed by atoms with van der Waals surface area (Å²) in [6.45, 7) is 3.71. The Morgan fingerprint density at radius 2 is 1.88 bits per heavy atom. The van der Waals surface area contributed by atoms with Crippen LogP contribution in [0.1, 0.15) is 32.3 Å². The molecule has 1 atom stereocenters. The number of carboxylic acid groups (broad SMARTS) is 1. The zero-order valence-electron chi connectivity index (χ0n) is 10.4. The molecule has 0 radical (unpaired) electrons. The second kappa shape index (κ2) is 5.82. The summed E-state index contributed by atoms with van der Waals surface area (Å²) in [4.78, 5) is 10.8. The molecule has 0 heterocycles. The van der Waals surface area contributed by atoms with Gasteiger partial charge in [0.05, 0.1) is 12.0 Å². The zero-order valence-corrected chi connectivity index (χ0v) is 10.4. The minimum atomic E-state index is -1.12. The molecule has 3 nitrogen and oxygen atoms in total. The van der Waals surface area contributed by atoms with Gasteiger partial charge in [-0.15, -0.1) is 0 Å². The Labute approximate surface area is 102 Å². The standard InChI is InChI=1S/C14H20O3/c1-11(2)14(17,10-13(15)16)9-8-12-6-4-3-5-7-12/h3-7,11,17H,8-10H2,1-2H3,(H,15,16)/t14-/m1/s1. The topological polar surface area (TPSA) is 57.5 Å². The van der Waals surface area contributed by atoms with Gasteiger partial charge in [0.25, 0.3) is 0 Å². The molecule has 0 saturated heterocycles. The van der Waals surface area contributed by atoms with Crippen LogP contribution in [0, 0.1) is 5.92 Å². The van der Waals surface area contributed by atoms with Crippen LogP contribution in [0.15, 0.2) is 30.3 Å². The predicted octanol–water partition coefficient (Wildman–Crippen LogP) is 2.48. The third-order valence-electron chi connectivity index (χ3n) is 3.22. The lowest BCUT2D eigenvalue weighted by molar-refractivity contribution is -0.145. The van der Waals surface area contributed by atoms with Crippen molar-refractivity contribution < 1.29 is 15.0 Å². The largest absolute Gasteiger partial charge is 0.481 e. The fourth-order valence-corrected chi connectivity index (χ4v) is 1.85. The number of carbonyl (C=O) groups is 1. The van der Waals surface area contributed by atoms with Crippen molar-refractivity contribution in [2.45, 2.75) is 38.7 Å². The highest BCUT2D eigenvalue weighted by Crippen LogP contribution is 2.27. The Morgan fingerprint density at radius 1 is 1.29 bits per heavy atom. The lowest BCUT2D eigenvalue weighted by Gasteiger charge is -2.30. The van der Waals surface area contributed by atoms with Crippen molar-refractivity contribution in [3.05, 3.63) is 35.9 Å². The first-order valence-electron chi connectivity index (χ1n) is 5.92. The van der Waals surface area contributed by atoms with E-state index in [2.05, 4.69) is 0 Å². The van der Waals surface area contributed by atoms with Gasteiger partial charge >= 0.3 is 5.97 Å². The summed E-state index contributed by atoms with van der Waals surface area (Å²) in [5, 5.41) is 19.2. The number of hydrogen-bond donors (Lipinski definition) is 2. The summed E-state index contributed by atoms with van der Waals surface area (Å²) >= 11 is 0. The van der Waals surface area contributed by atoms with Gasteiger partial charge < -0.3 is 10.2 Å². The first-order valence-corrected chi connectivity index (χ1v) is 5.92. The predicted molar refractivity (Wildman–Crippen MR) is 66.8 cm³/mol. The maximum Gasteiger partial charge on any atom is 0.306 e. The minimum absolute atomic E-state index is 0.0673. The van der Waals surface area contributed by atoms with E-state index >= 15 is 0 Å². The monoisotopic (exact) mass is 236 g/mol. The van der Waals surface area contributed by atoms with Gasteiger partial charge in [0.2, 0.25) is 0 Å². The molecule has 94 valence electrons. The van der Waals surface area contributed by atoms with Crippen molar-refractivity contribution in [3.63, 3.8) is 0 Å². The molecule has 0 spiro atoms. The molecule has 1 aromatic rings. The molecular weight excluding hydrogens is 216 g/mol. The second-order valence-electron chi connectivity index (χ2n) is 4.81. The molecule has 0 aliphatic carbocycles. The lowest BCUT2D eigenvalue weighted by atomic mass is 9.82. The van der Waals surface area contributed by atoms with Crippen LogP contribution in [-0.2, 0) is 11.2 Å². The van der Waals surface area contributed by atoms with E-state index < -0.39 is 11.6 Å². The van der Waals surface area contributed by atoms with Gasteiger partial charge in [0, 0.05) is 0 Å². The van der Waals surface area contributed by atoms with Gasteiger partial charge in [-0.1, -0.05) is 44.2 Å². The number of aliphatic carboxylic acids is 1. The first kappa shape index (κ1) is 13.7.